The van der Waals surface area contributed by atoms with Gasteiger partial charge < -0.3 is 10.1 Å². The van der Waals surface area contributed by atoms with E-state index in [1.807, 2.05) is 26.0 Å². The average Bonchev–Trinajstić information content (AvgIpc) is 2.72. The Labute approximate surface area is 198 Å². The largest absolute Gasteiger partial charge is 0.491 e. The summed E-state index contributed by atoms with van der Waals surface area (Å²) in [6.45, 7) is 8.45. The number of hydrogen-bond donors (Lipinski definition) is 1. The molecule has 1 heterocycles. The van der Waals surface area contributed by atoms with Gasteiger partial charge in [-0.3, -0.25) is 4.79 Å². The maximum Gasteiger partial charge on any atom is 0.162 e. The van der Waals surface area contributed by atoms with E-state index in [0.29, 0.717) is 6.42 Å². The highest BCUT2D eigenvalue weighted by molar-refractivity contribution is 9.10. The second-order valence-electron chi connectivity index (χ2n) is 9.97. The highest BCUT2D eigenvalue weighted by atomic mass is 79.9. The molecular formula is C28H28BrNO2. The van der Waals surface area contributed by atoms with E-state index in [4.69, 9.17) is 4.74 Å². The van der Waals surface area contributed by atoms with Crippen molar-refractivity contribution >= 4 is 43.7 Å². The van der Waals surface area contributed by atoms with Crippen LogP contribution in [0, 0.1) is 5.41 Å². The highest BCUT2D eigenvalue weighted by Crippen LogP contribution is 2.53. The second kappa shape index (κ2) is 7.77. The molecule has 0 saturated heterocycles. The lowest BCUT2D eigenvalue weighted by Gasteiger charge is -2.40. The van der Waals surface area contributed by atoms with Crippen LogP contribution in [0.15, 0.2) is 64.6 Å². The average molecular weight is 490 g/mol. The molecule has 0 aromatic heterocycles. The molecule has 0 radical (unpaired) electrons. The number of carbonyl (C=O) groups is 1. The number of fused-ring (bicyclic) bond motifs is 4. The summed E-state index contributed by atoms with van der Waals surface area (Å²) in [4.78, 5) is 13.6. The number of ketones is 1. The maximum absolute atomic E-state index is 13.6. The van der Waals surface area contributed by atoms with Gasteiger partial charge in [-0.1, -0.05) is 60.1 Å². The topological polar surface area (TPSA) is 38.3 Å². The molecule has 2 aliphatic rings. The Bertz CT molecular complexity index is 1270. The van der Waals surface area contributed by atoms with E-state index in [2.05, 4.69) is 77.6 Å². The molecule has 0 bridgehead atoms. The van der Waals surface area contributed by atoms with E-state index >= 15 is 0 Å². The van der Waals surface area contributed by atoms with Crippen LogP contribution in [-0.2, 0) is 4.79 Å². The number of carbonyl (C=O) groups excluding carboxylic acids is 1. The first-order valence-electron chi connectivity index (χ1n) is 11.2. The Morgan fingerprint density at radius 3 is 2.62 bits per heavy atom. The fraction of sp³-hybridized carbons (Fsp3) is 0.321. The van der Waals surface area contributed by atoms with Crippen molar-refractivity contribution in [3.63, 3.8) is 0 Å². The lowest BCUT2D eigenvalue weighted by Crippen LogP contribution is -2.33. The van der Waals surface area contributed by atoms with Gasteiger partial charge in [-0.15, -0.1) is 0 Å². The first-order chi connectivity index (χ1) is 15.2. The third kappa shape index (κ3) is 3.65. The van der Waals surface area contributed by atoms with Gasteiger partial charge in [0, 0.05) is 33.3 Å². The summed E-state index contributed by atoms with van der Waals surface area (Å²) in [6, 6.07) is 18.6. The van der Waals surface area contributed by atoms with Crippen molar-refractivity contribution in [1.29, 1.82) is 0 Å². The summed E-state index contributed by atoms with van der Waals surface area (Å²) < 4.78 is 7.15. The van der Waals surface area contributed by atoms with Crippen LogP contribution in [0.3, 0.4) is 0 Å². The summed E-state index contributed by atoms with van der Waals surface area (Å²) in [5.41, 5.74) is 5.25. The number of Topliss-reactive ketones (excluding diaryl/α,β-unsaturated/α-hetero) is 1. The Morgan fingerprint density at radius 1 is 1.06 bits per heavy atom. The Kier molecular flexibility index (Phi) is 5.16. The first-order valence-corrected chi connectivity index (χ1v) is 12.0. The summed E-state index contributed by atoms with van der Waals surface area (Å²) in [5.74, 6) is 1.04. The Balaban J connectivity index is 1.78. The third-order valence-corrected chi connectivity index (χ3v) is 6.88. The van der Waals surface area contributed by atoms with Crippen LogP contribution in [0.2, 0.25) is 0 Å². The molecule has 0 fully saturated rings. The predicted molar refractivity (Wildman–Crippen MR) is 135 cm³/mol. The molecule has 1 aliphatic heterocycles. The molecule has 3 aromatic carbocycles. The van der Waals surface area contributed by atoms with E-state index in [-0.39, 0.29) is 23.3 Å². The second-order valence-corrected chi connectivity index (χ2v) is 10.9. The van der Waals surface area contributed by atoms with E-state index in [0.717, 1.165) is 33.5 Å². The molecule has 3 nitrogen and oxygen atoms in total. The van der Waals surface area contributed by atoms with Crippen molar-refractivity contribution < 1.29 is 9.53 Å². The molecule has 5 rings (SSSR count). The highest BCUT2D eigenvalue weighted by Gasteiger charge is 2.41. The Hall–Kier alpha value is -2.59. The third-order valence-electron chi connectivity index (χ3n) is 6.38. The monoisotopic (exact) mass is 489 g/mol. The Morgan fingerprint density at radius 2 is 1.84 bits per heavy atom. The fourth-order valence-corrected chi connectivity index (χ4v) is 5.56. The van der Waals surface area contributed by atoms with Crippen molar-refractivity contribution in [3.05, 3.63) is 75.8 Å². The van der Waals surface area contributed by atoms with Gasteiger partial charge in [0.2, 0.25) is 0 Å². The number of rotatable bonds is 3. The van der Waals surface area contributed by atoms with Crippen LogP contribution >= 0.6 is 15.9 Å². The molecule has 0 saturated carbocycles. The number of benzene rings is 3. The summed E-state index contributed by atoms with van der Waals surface area (Å²) in [5, 5.41) is 6.11. The van der Waals surface area contributed by atoms with E-state index < -0.39 is 0 Å². The van der Waals surface area contributed by atoms with Crippen molar-refractivity contribution in [3.8, 4) is 5.75 Å². The summed E-state index contributed by atoms with van der Waals surface area (Å²) >= 11 is 3.63. The van der Waals surface area contributed by atoms with Crippen molar-refractivity contribution in [2.75, 3.05) is 5.32 Å². The van der Waals surface area contributed by atoms with Gasteiger partial charge in [-0.2, -0.15) is 0 Å². The SMILES string of the molecule is CC(C)Oc1ccc(Br)cc1[C@H]1Nc2ccc3ccccc3c2C2=C1C(=O)CC(C)(C)C2. The number of halogens is 1. The standard InChI is InChI=1S/C28H28BrNO2/c1-16(2)32-24-12-10-18(29)13-20(24)27-26-21(14-28(3,4)15-23(26)31)25-19-8-6-5-7-17(19)9-11-22(25)30-27/h5-13,16,27,30H,14-15H2,1-4H3/t27-/m1/s1. The molecule has 0 unspecified atom stereocenters. The van der Waals surface area contributed by atoms with Gasteiger partial charge in [0.1, 0.15) is 5.75 Å². The number of ether oxygens (including phenoxy) is 1. The molecule has 4 heteroatoms. The molecule has 1 atom stereocenters. The van der Waals surface area contributed by atoms with Gasteiger partial charge in [-0.25, -0.2) is 0 Å². The molecule has 1 aliphatic carbocycles. The van der Waals surface area contributed by atoms with Gasteiger partial charge >= 0.3 is 0 Å². The predicted octanol–water partition coefficient (Wildman–Crippen LogP) is 7.70. The zero-order chi connectivity index (χ0) is 22.6. The molecule has 0 amide bonds. The van der Waals surface area contributed by atoms with Crippen molar-refractivity contribution in [2.45, 2.75) is 52.7 Å². The minimum absolute atomic E-state index is 0.0455. The van der Waals surface area contributed by atoms with Crippen LogP contribution in [0.5, 0.6) is 5.75 Å². The van der Waals surface area contributed by atoms with Crippen LogP contribution in [0.1, 0.15) is 57.7 Å². The van der Waals surface area contributed by atoms with E-state index in [1.165, 1.54) is 21.9 Å². The van der Waals surface area contributed by atoms with Gasteiger partial charge in [0.15, 0.2) is 5.78 Å². The minimum Gasteiger partial charge on any atom is -0.491 e. The normalized spacial score (nSPS) is 19.6. The van der Waals surface area contributed by atoms with Crippen molar-refractivity contribution in [1.82, 2.24) is 0 Å². The van der Waals surface area contributed by atoms with Gasteiger partial charge in [0.25, 0.3) is 0 Å². The summed E-state index contributed by atoms with van der Waals surface area (Å²) in [7, 11) is 0. The molecule has 0 spiro atoms. The zero-order valence-electron chi connectivity index (χ0n) is 19.0. The molecule has 1 N–H and O–H groups in total. The van der Waals surface area contributed by atoms with Crippen molar-refractivity contribution in [2.24, 2.45) is 5.41 Å². The van der Waals surface area contributed by atoms with Crippen LogP contribution in [-0.4, -0.2) is 11.9 Å². The minimum atomic E-state index is -0.242. The molecular weight excluding hydrogens is 462 g/mol. The van der Waals surface area contributed by atoms with Gasteiger partial charge in [-0.05, 0) is 66.3 Å². The lowest BCUT2D eigenvalue weighted by molar-refractivity contribution is -0.118. The van der Waals surface area contributed by atoms with E-state index in [1.54, 1.807) is 0 Å². The number of nitrogens with one attached hydrogen (secondary N) is 1. The fourth-order valence-electron chi connectivity index (χ4n) is 5.18. The number of allylic oxidation sites excluding steroid dienone is 1. The zero-order valence-corrected chi connectivity index (χ0v) is 20.5. The van der Waals surface area contributed by atoms with Crippen LogP contribution in [0.25, 0.3) is 16.3 Å². The maximum atomic E-state index is 13.6. The smallest absolute Gasteiger partial charge is 0.162 e. The number of hydrogen-bond acceptors (Lipinski definition) is 3. The lowest BCUT2D eigenvalue weighted by atomic mass is 9.68. The molecule has 164 valence electrons. The quantitative estimate of drug-likeness (QED) is 0.409. The number of anilines is 1. The van der Waals surface area contributed by atoms with E-state index in [9.17, 15) is 4.79 Å². The van der Waals surface area contributed by atoms with Crippen LogP contribution in [0.4, 0.5) is 5.69 Å². The molecule has 32 heavy (non-hydrogen) atoms. The van der Waals surface area contributed by atoms with Gasteiger partial charge in [0.05, 0.1) is 12.1 Å². The summed E-state index contributed by atoms with van der Waals surface area (Å²) in [6.07, 6.45) is 1.48. The van der Waals surface area contributed by atoms with Crippen LogP contribution < -0.4 is 10.1 Å². The molecule has 3 aromatic rings. The first kappa shape index (κ1) is 21.3.